The van der Waals surface area contributed by atoms with Gasteiger partial charge in [-0.2, -0.15) is 7.42 Å². The molecule has 0 heterocycles. The highest BCUT2D eigenvalue weighted by molar-refractivity contribution is 7.94. The predicted molar refractivity (Wildman–Crippen MR) is 72.9 cm³/mol. The minimum atomic E-state index is -1.18. The number of carbonyl (C=O) groups is 2. The molecule has 0 rings (SSSR count). The molecular weight excluding hydrogens is 293 g/mol. The highest BCUT2D eigenvalue weighted by atomic mass is 32.2. The summed E-state index contributed by atoms with van der Waals surface area (Å²) in [6.07, 6.45) is -0.852. The van der Waals surface area contributed by atoms with E-state index in [0.717, 1.165) is 6.26 Å². The fourth-order valence-corrected chi connectivity index (χ4v) is 0.213. The number of ether oxygens (including phenoxy) is 1. The third kappa shape index (κ3) is 17.1. The number of hydrogen-bond donors (Lipinski definition) is 5. The maximum Gasteiger partial charge on any atom is 0.434 e. The Morgan fingerprint density at radius 3 is 1.60 bits per heavy atom. The largest absolute Gasteiger partial charge is 0.464 e. The van der Waals surface area contributed by atoms with E-state index in [4.69, 9.17) is 5.11 Å². The van der Waals surface area contributed by atoms with Crippen LogP contribution in [0.1, 0.15) is 0 Å². The van der Waals surface area contributed by atoms with Crippen LogP contribution in [0.5, 0.6) is 0 Å². The molecule has 0 saturated carbocycles. The van der Waals surface area contributed by atoms with Crippen molar-refractivity contribution in [2.45, 2.75) is 0 Å². The van der Waals surface area contributed by atoms with Crippen molar-refractivity contribution >= 4 is 86.5 Å². The Morgan fingerprint density at radius 1 is 1.20 bits per heavy atom. The molecule has 0 aliphatic rings. The Balaban J connectivity index is -0.000000187. The lowest BCUT2D eigenvalue weighted by Crippen LogP contribution is -2.09. The zero-order valence-corrected chi connectivity index (χ0v) is 10.2. The Hall–Kier alpha value is 0.446. The van der Waals surface area contributed by atoms with E-state index in [1.54, 1.807) is 0 Å². The van der Waals surface area contributed by atoms with Gasteiger partial charge in [-0.1, -0.05) is 6.58 Å². The Kier molecular flexibility index (Phi) is 17.4. The fourth-order valence-electron chi connectivity index (χ4n) is 0.118. The minimum Gasteiger partial charge on any atom is -0.464 e. The standard InChI is InChI=1S/C3H5NO2S2.CH3NO2S2.Mg.2H/c1-2-6-3(5)4(7)8;3-1(4)2(5)6;;;/h2,7-8H,1H2;5-6H,(H,3,4);;;. The van der Waals surface area contributed by atoms with Crippen LogP contribution >= 0.6 is 51.3 Å². The van der Waals surface area contributed by atoms with Crippen LogP contribution in [0.4, 0.5) is 9.59 Å². The van der Waals surface area contributed by atoms with Gasteiger partial charge in [0.15, 0.2) is 0 Å². The monoisotopic (exact) mass is 302 g/mol. The molecule has 0 spiro atoms. The molecule has 1 N–H and O–H groups in total. The smallest absolute Gasteiger partial charge is 0.434 e. The first-order valence-electron chi connectivity index (χ1n) is 2.73. The van der Waals surface area contributed by atoms with Gasteiger partial charge in [-0.15, -0.1) is 0 Å². The molecule has 0 aromatic carbocycles. The second-order valence-corrected chi connectivity index (χ2v) is 3.64. The quantitative estimate of drug-likeness (QED) is 0.285. The van der Waals surface area contributed by atoms with E-state index < -0.39 is 12.2 Å². The number of thiol groups is 4. The number of hydrogen-bond acceptors (Lipinski definition) is 7. The summed E-state index contributed by atoms with van der Waals surface area (Å²) in [6, 6.07) is 0. The number of carboxylic acid groups (broad SMARTS) is 1. The first-order chi connectivity index (χ1) is 6.32. The number of carbonyl (C=O) groups excluding carboxylic acids is 1. The molecule has 0 radical (unpaired) electrons. The van der Waals surface area contributed by atoms with Crippen molar-refractivity contribution in [2.24, 2.45) is 0 Å². The van der Waals surface area contributed by atoms with Crippen LogP contribution in [0.2, 0.25) is 0 Å². The van der Waals surface area contributed by atoms with Crippen molar-refractivity contribution in [3.05, 3.63) is 12.8 Å². The van der Waals surface area contributed by atoms with Crippen LogP contribution in [-0.2, 0) is 4.74 Å². The van der Waals surface area contributed by atoms with Gasteiger partial charge in [0.1, 0.15) is 0 Å². The summed E-state index contributed by atoms with van der Waals surface area (Å²) in [5, 5.41) is 7.76. The highest BCUT2D eigenvalue weighted by Gasteiger charge is 2.01. The van der Waals surface area contributed by atoms with Crippen LogP contribution in [0.3, 0.4) is 0 Å². The van der Waals surface area contributed by atoms with Crippen molar-refractivity contribution in [2.75, 3.05) is 0 Å². The summed E-state index contributed by atoms with van der Waals surface area (Å²) in [5.74, 6) is 0. The summed E-state index contributed by atoms with van der Waals surface area (Å²) in [5.41, 5.74) is 0. The van der Waals surface area contributed by atoms with E-state index in [9.17, 15) is 9.59 Å². The molecule has 0 aliphatic heterocycles. The zero-order chi connectivity index (χ0) is 11.7. The van der Waals surface area contributed by atoms with E-state index in [1.807, 2.05) is 0 Å². The molecule has 86 valence electrons. The van der Waals surface area contributed by atoms with Gasteiger partial charge in [0.25, 0.3) is 0 Å². The second kappa shape index (κ2) is 12.5. The van der Waals surface area contributed by atoms with Crippen LogP contribution in [0, 0.1) is 0 Å². The molecule has 2 amide bonds. The van der Waals surface area contributed by atoms with Crippen LogP contribution < -0.4 is 0 Å². The van der Waals surface area contributed by atoms with Gasteiger partial charge >= 0.3 is 35.2 Å². The van der Waals surface area contributed by atoms with E-state index >= 15 is 0 Å². The van der Waals surface area contributed by atoms with Crippen LogP contribution in [0.15, 0.2) is 12.8 Å². The summed E-state index contributed by atoms with van der Waals surface area (Å²) in [6.45, 7) is 3.15. The molecule has 11 heteroatoms. The molecule has 0 fully saturated rings. The fraction of sp³-hybridized carbons (Fsp3) is 0. The Bertz CT molecular complexity index is 215. The minimum absolute atomic E-state index is 0. The molecule has 0 aromatic heterocycles. The van der Waals surface area contributed by atoms with E-state index in [-0.39, 0.29) is 23.1 Å². The SMILES string of the molecule is C=COC(=O)N(S)S.O=C(O)N(S)S.[MgH2]. The molecule has 0 bridgehead atoms. The van der Waals surface area contributed by atoms with E-state index in [2.05, 4.69) is 62.6 Å². The average molecular weight is 303 g/mol. The van der Waals surface area contributed by atoms with Gasteiger partial charge < -0.3 is 9.84 Å². The topological polar surface area (TPSA) is 70.1 Å². The van der Waals surface area contributed by atoms with Crippen molar-refractivity contribution in [3.8, 4) is 0 Å². The van der Waals surface area contributed by atoms with E-state index in [1.165, 1.54) is 0 Å². The maximum absolute atomic E-state index is 10.2. The van der Waals surface area contributed by atoms with Crippen molar-refractivity contribution in [1.82, 2.24) is 7.42 Å². The molecule has 0 aromatic rings. The van der Waals surface area contributed by atoms with Crippen molar-refractivity contribution < 1.29 is 19.4 Å². The summed E-state index contributed by atoms with van der Waals surface area (Å²) in [7, 11) is 0. The molecular formula is C4H10MgN2O4S4. The summed E-state index contributed by atoms with van der Waals surface area (Å²) < 4.78 is 5.38. The third-order valence-corrected chi connectivity index (χ3v) is 1.19. The van der Waals surface area contributed by atoms with Crippen molar-refractivity contribution in [3.63, 3.8) is 0 Å². The zero-order valence-electron chi connectivity index (χ0n) is 6.64. The van der Waals surface area contributed by atoms with Crippen molar-refractivity contribution in [1.29, 1.82) is 0 Å². The molecule has 6 nitrogen and oxygen atoms in total. The van der Waals surface area contributed by atoms with Crippen LogP contribution in [-0.4, -0.2) is 47.8 Å². The maximum atomic E-state index is 10.2. The number of nitrogens with zero attached hydrogens (tertiary/aromatic N) is 2. The highest BCUT2D eigenvalue weighted by Crippen LogP contribution is 1.99. The Morgan fingerprint density at radius 2 is 1.53 bits per heavy atom. The first-order valence-corrected chi connectivity index (χ1v) is 4.33. The van der Waals surface area contributed by atoms with Gasteiger partial charge in [0.2, 0.25) is 0 Å². The van der Waals surface area contributed by atoms with Gasteiger partial charge in [0.05, 0.1) is 6.26 Å². The molecule has 0 unspecified atom stereocenters. The van der Waals surface area contributed by atoms with E-state index in [0.29, 0.717) is 7.42 Å². The lowest BCUT2D eigenvalue weighted by molar-refractivity contribution is 0.182. The van der Waals surface area contributed by atoms with Gasteiger partial charge in [-0.25, -0.2) is 9.59 Å². The summed E-state index contributed by atoms with van der Waals surface area (Å²) >= 11 is 13.6. The van der Waals surface area contributed by atoms with Gasteiger partial charge in [0, 0.05) is 0 Å². The molecule has 0 atom stereocenters. The van der Waals surface area contributed by atoms with Crippen LogP contribution in [0.25, 0.3) is 0 Å². The van der Waals surface area contributed by atoms with Gasteiger partial charge in [-0.05, 0) is 51.3 Å². The third-order valence-electron chi connectivity index (χ3n) is 0.519. The Labute approximate surface area is 125 Å². The number of rotatable bonds is 1. The lowest BCUT2D eigenvalue weighted by atomic mass is 11.1. The lowest BCUT2D eigenvalue weighted by Gasteiger charge is -2.02. The molecule has 0 saturated heterocycles. The second-order valence-electron chi connectivity index (χ2n) is 1.41. The normalized spacial score (nSPS) is 7.20. The molecule has 0 aliphatic carbocycles. The first kappa shape index (κ1) is 20.8. The number of amides is 2. The predicted octanol–water partition coefficient (Wildman–Crippen LogP) is 0.998. The van der Waals surface area contributed by atoms with Gasteiger partial charge in [-0.3, -0.25) is 0 Å². The molecule has 15 heavy (non-hydrogen) atoms. The summed E-state index contributed by atoms with van der Waals surface area (Å²) in [4.78, 5) is 19.7. The average Bonchev–Trinajstić information content (AvgIpc) is 2.05.